The lowest BCUT2D eigenvalue weighted by molar-refractivity contribution is -0.154. The van der Waals surface area contributed by atoms with Crippen molar-refractivity contribution in [2.24, 2.45) is 0 Å². The number of amides is 1. The van der Waals surface area contributed by atoms with Gasteiger partial charge in [-0.05, 0) is 27.9 Å². The van der Waals surface area contributed by atoms with E-state index < -0.39 is 18.7 Å². The van der Waals surface area contributed by atoms with Crippen LogP contribution in [-0.4, -0.2) is 33.9 Å². The van der Waals surface area contributed by atoms with Gasteiger partial charge in [0.25, 0.3) is 5.91 Å². The second-order valence-electron chi connectivity index (χ2n) is 5.51. The Labute approximate surface area is 150 Å². The Hall–Kier alpha value is -2.10. The molecule has 1 amide bonds. The molecule has 0 aliphatic heterocycles. The highest BCUT2D eigenvalue weighted by Gasteiger charge is 2.29. The van der Waals surface area contributed by atoms with Crippen molar-refractivity contribution in [3.63, 3.8) is 0 Å². The number of hydrogen-bond donors (Lipinski definition) is 2. The second kappa shape index (κ2) is 7.85. The van der Waals surface area contributed by atoms with Crippen LogP contribution in [0.2, 0.25) is 0 Å². The van der Waals surface area contributed by atoms with Crippen LogP contribution in [0.3, 0.4) is 0 Å². The second-order valence-corrected chi connectivity index (χ2v) is 6.30. The van der Waals surface area contributed by atoms with Crippen molar-refractivity contribution in [3.8, 4) is 5.88 Å². The maximum atomic E-state index is 12.3. The smallest absolute Gasteiger partial charge is 0.422 e. The van der Waals surface area contributed by atoms with Crippen LogP contribution >= 0.6 is 15.9 Å². The Morgan fingerprint density at radius 1 is 1.44 bits per heavy atom. The van der Waals surface area contributed by atoms with Crippen LogP contribution in [-0.2, 0) is 6.54 Å². The number of H-pyrrole nitrogens is 1. The normalized spacial score (nSPS) is 11.6. The molecule has 6 nitrogen and oxygen atoms in total. The molecule has 0 saturated carbocycles. The van der Waals surface area contributed by atoms with Crippen molar-refractivity contribution in [2.45, 2.75) is 32.5 Å². The predicted octanol–water partition coefficient (Wildman–Crippen LogP) is 3.56. The molecule has 0 spiro atoms. The maximum absolute atomic E-state index is 12.3. The molecule has 0 fully saturated rings. The third kappa shape index (κ3) is 5.18. The topological polar surface area (TPSA) is 79.9 Å². The van der Waals surface area contributed by atoms with Crippen molar-refractivity contribution >= 4 is 21.8 Å². The molecule has 10 heteroatoms. The number of pyridine rings is 1. The van der Waals surface area contributed by atoms with Gasteiger partial charge in [-0.15, -0.1) is 0 Å². The Morgan fingerprint density at radius 2 is 2.16 bits per heavy atom. The Kier molecular flexibility index (Phi) is 6.04. The van der Waals surface area contributed by atoms with Crippen molar-refractivity contribution in [1.82, 2.24) is 20.5 Å². The van der Waals surface area contributed by atoms with Crippen molar-refractivity contribution < 1.29 is 22.7 Å². The first-order valence-corrected chi connectivity index (χ1v) is 8.13. The number of halogens is 4. The van der Waals surface area contributed by atoms with Crippen molar-refractivity contribution in [3.05, 3.63) is 39.8 Å². The van der Waals surface area contributed by atoms with Crippen molar-refractivity contribution in [2.75, 3.05) is 6.61 Å². The minimum Gasteiger partial charge on any atom is -0.468 e. The van der Waals surface area contributed by atoms with Crippen LogP contribution in [0.5, 0.6) is 5.88 Å². The van der Waals surface area contributed by atoms with Gasteiger partial charge in [0, 0.05) is 18.3 Å². The Morgan fingerprint density at radius 3 is 2.76 bits per heavy atom. The number of nitrogens with one attached hydrogen (secondary N) is 2. The van der Waals surface area contributed by atoms with Crippen LogP contribution in [0.25, 0.3) is 0 Å². The third-order valence-corrected chi connectivity index (χ3v) is 3.99. The number of hydrogen-bond acceptors (Lipinski definition) is 4. The zero-order chi connectivity index (χ0) is 18.6. The Balaban J connectivity index is 2.05. The lowest BCUT2D eigenvalue weighted by atomic mass is 10.1. The molecule has 2 rings (SSSR count). The molecule has 2 N–H and O–H groups in total. The number of alkyl halides is 3. The van der Waals surface area contributed by atoms with Gasteiger partial charge in [0.2, 0.25) is 5.88 Å². The highest BCUT2D eigenvalue weighted by Crippen LogP contribution is 2.25. The highest BCUT2D eigenvalue weighted by molar-refractivity contribution is 9.10. The molecule has 0 atom stereocenters. The fraction of sp³-hybridized carbons (Fsp3) is 0.400. The van der Waals surface area contributed by atoms with E-state index in [1.807, 2.05) is 13.8 Å². The van der Waals surface area contributed by atoms with Gasteiger partial charge in [-0.25, -0.2) is 4.98 Å². The third-order valence-electron chi connectivity index (χ3n) is 3.19. The number of rotatable bonds is 6. The average Bonchev–Trinajstić information content (AvgIpc) is 2.92. The summed E-state index contributed by atoms with van der Waals surface area (Å²) < 4.78 is 42.1. The monoisotopic (exact) mass is 420 g/mol. The lowest BCUT2D eigenvalue weighted by Gasteiger charge is -2.12. The summed E-state index contributed by atoms with van der Waals surface area (Å²) in [6, 6.07) is 3.07. The molecule has 2 heterocycles. The highest BCUT2D eigenvalue weighted by atomic mass is 79.9. The molecule has 0 bridgehead atoms. The first kappa shape index (κ1) is 19.2. The largest absolute Gasteiger partial charge is 0.468 e. The summed E-state index contributed by atoms with van der Waals surface area (Å²) in [5.74, 6) is -0.506. The zero-order valence-corrected chi connectivity index (χ0v) is 15.0. The predicted molar refractivity (Wildman–Crippen MR) is 87.3 cm³/mol. The standard InChI is InChI=1S/C15H16BrF3N4O2/c1-8(2)11-10(16)12(23-22-11)13(24)21-6-9-4-3-5-20-14(9)25-7-15(17,18)19/h3-5,8H,6-7H2,1-2H3,(H,21,24)(H,22,23). The van der Waals surface area contributed by atoms with Crippen LogP contribution < -0.4 is 10.1 Å². The van der Waals surface area contributed by atoms with Gasteiger partial charge in [0.1, 0.15) is 0 Å². The fourth-order valence-electron chi connectivity index (χ4n) is 1.97. The molecule has 0 unspecified atom stereocenters. The van der Waals surface area contributed by atoms with E-state index in [9.17, 15) is 18.0 Å². The number of aromatic nitrogens is 3. The van der Waals surface area contributed by atoms with Crippen LogP contribution in [0, 0.1) is 0 Å². The van der Waals surface area contributed by atoms with E-state index in [0.717, 1.165) is 5.69 Å². The summed E-state index contributed by atoms with van der Waals surface area (Å²) in [7, 11) is 0. The quantitative estimate of drug-likeness (QED) is 0.748. The molecule has 0 aromatic carbocycles. The van der Waals surface area contributed by atoms with Gasteiger partial charge in [-0.2, -0.15) is 18.3 Å². The molecule has 136 valence electrons. The summed E-state index contributed by atoms with van der Waals surface area (Å²) in [6.07, 6.45) is -3.15. The number of carbonyl (C=O) groups is 1. The van der Waals surface area contributed by atoms with Gasteiger partial charge >= 0.3 is 6.18 Å². The van der Waals surface area contributed by atoms with Crippen LogP contribution in [0.15, 0.2) is 22.8 Å². The van der Waals surface area contributed by atoms with Crippen molar-refractivity contribution in [1.29, 1.82) is 0 Å². The lowest BCUT2D eigenvalue weighted by Crippen LogP contribution is -2.25. The summed E-state index contributed by atoms with van der Waals surface area (Å²) in [6.45, 7) is 2.39. The van der Waals surface area contributed by atoms with E-state index in [0.29, 0.717) is 10.0 Å². The van der Waals surface area contributed by atoms with Gasteiger partial charge in [-0.1, -0.05) is 19.9 Å². The summed E-state index contributed by atoms with van der Waals surface area (Å²) >= 11 is 3.32. The molecule has 0 aliphatic rings. The summed E-state index contributed by atoms with van der Waals surface area (Å²) in [4.78, 5) is 16.0. The molecule has 2 aromatic rings. The molecule has 0 radical (unpaired) electrons. The van der Waals surface area contributed by atoms with Gasteiger partial charge < -0.3 is 10.1 Å². The summed E-state index contributed by atoms with van der Waals surface area (Å²) in [5.41, 5.74) is 1.28. The SMILES string of the molecule is CC(C)c1[nH]nc(C(=O)NCc2cccnc2OCC(F)(F)F)c1Br. The van der Waals surface area contributed by atoms with E-state index in [4.69, 9.17) is 0 Å². The van der Waals surface area contributed by atoms with Gasteiger partial charge in [-0.3, -0.25) is 9.89 Å². The van der Waals surface area contributed by atoms with Crippen LogP contribution in [0.1, 0.15) is 41.5 Å². The zero-order valence-electron chi connectivity index (χ0n) is 13.4. The number of ether oxygens (including phenoxy) is 1. The summed E-state index contributed by atoms with van der Waals surface area (Å²) in [5, 5.41) is 9.34. The number of carbonyl (C=O) groups excluding carboxylic acids is 1. The minimum absolute atomic E-state index is 0.0455. The van der Waals surface area contributed by atoms with E-state index in [-0.39, 0.29) is 24.0 Å². The van der Waals surface area contributed by atoms with Gasteiger partial charge in [0.05, 0.1) is 10.2 Å². The van der Waals surface area contributed by atoms with E-state index >= 15 is 0 Å². The molecular weight excluding hydrogens is 405 g/mol. The van der Waals surface area contributed by atoms with E-state index in [2.05, 4.69) is 41.2 Å². The minimum atomic E-state index is -4.47. The maximum Gasteiger partial charge on any atom is 0.422 e. The first-order valence-electron chi connectivity index (χ1n) is 7.34. The average molecular weight is 421 g/mol. The Bertz CT molecular complexity index is 747. The molecule has 2 aromatic heterocycles. The number of aromatic amines is 1. The fourth-order valence-corrected chi connectivity index (χ4v) is 2.79. The molecule has 25 heavy (non-hydrogen) atoms. The van der Waals surface area contributed by atoms with E-state index in [1.165, 1.54) is 12.3 Å². The van der Waals surface area contributed by atoms with E-state index in [1.54, 1.807) is 6.07 Å². The number of nitrogens with zero attached hydrogens (tertiary/aromatic N) is 2. The molecule has 0 saturated heterocycles. The van der Waals surface area contributed by atoms with Crippen LogP contribution in [0.4, 0.5) is 13.2 Å². The molecule has 0 aliphatic carbocycles. The first-order chi connectivity index (χ1) is 11.7. The molecular formula is C15H16BrF3N4O2. The van der Waals surface area contributed by atoms with Gasteiger partial charge in [0.15, 0.2) is 12.3 Å².